The van der Waals surface area contributed by atoms with E-state index < -0.39 is 48.3 Å². The fraction of sp³-hybridized carbons (Fsp3) is 0.857. The standard InChI is InChI=1S/C7H3F12NO2/c8-3(9,10)1-22-2(21)20-4(5(11,12)13,6(14,15)16)7(17,18)19/h1H2,(H,20,21). The number of alkyl carbamates (subject to hydrolysis) is 1. The van der Waals surface area contributed by atoms with Gasteiger partial charge in [-0.25, -0.2) is 4.79 Å². The molecule has 0 aromatic rings. The molecule has 0 unspecified atom stereocenters. The first-order valence-corrected chi connectivity index (χ1v) is 4.57. The van der Waals surface area contributed by atoms with Crippen molar-refractivity contribution in [3.63, 3.8) is 0 Å². The predicted molar refractivity (Wildman–Crippen MR) is 41.4 cm³/mol. The molecule has 15 heteroatoms. The Morgan fingerprint density at radius 1 is 0.727 bits per heavy atom. The molecule has 1 N–H and O–H groups in total. The van der Waals surface area contributed by atoms with Gasteiger partial charge in [-0.2, -0.15) is 52.7 Å². The molecule has 132 valence electrons. The first-order chi connectivity index (χ1) is 9.35. The van der Waals surface area contributed by atoms with E-state index in [1.807, 2.05) is 0 Å². The van der Waals surface area contributed by atoms with Crippen LogP contribution in [-0.2, 0) is 4.74 Å². The average Bonchev–Trinajstić information content (AvgIpc) is 2.16. The molecule has 0 bridgehead atoms. The number of hydrogen-bond acceptors (Lipinski definition) is 2. The monoisotopic (exact) mass is 361 g/mol. The molecule has 0 aromatic carbocycles. The predicted octanol–water partition coefficient (Wildman–Crippen LogP) is 3.70. The first-order valence-electron chi connectivity index (χ1n) is 4.57. The lowest BCUT2D eigenvalue weighted by atomic mass is 9.97. The molecular formula is C7H3F12NO2. The van der Waals surface area contributed by atoms with Crippen LogP contribution in [0.3, 0.4) is 0 Å². The molecule has 0 heterocycles. The van der Waals surface area contributed by atoms with E-state index in [2.05, 4.69) is 4.74 Å². The fourth-order valence-corrected chi connectivity index (χ4v) is 1.03. The van der Waals surface area contributed by atoms with Gasteiger partial charge in [0.25, 0.3) is 0 Å². The highest BCUT2D eigenvalue weighted by atomic mass is 19.4. The van der Waals surface area contributed by atoms with Crippen LogP contribution in [0.4, 0.5) is 57.5 Å². The summed E-state index contributed by atoms with van der Waals surface area (Å²) in [6, 6.07) is 0. The Kier molecular flexibility index (Phi) is 5.17. The highest BCUT2D eigenvalue weighted by molar-refractivity contribution is 5.69. The molecule has 0 aliphatic heterocycles. The maximum absolute atomic E-state index is 12.3. The Bertz CT molecular complexity index is 366. The van der Waals surface area contributed by atoms with E-state index in [1.165, 1.54) is 0 Å². The third kappa shape index (κ3) is 4.22. The summed E-state index contributed by atoms with van der Waals surface area (Å²) in [7, 11) is 0. The van der Waals surface area contributed by atoms with E-state index in [4.69, 9.17) is 0 Å². The molecule has 3 nitrogen and oxygen atoms in total. The van der Waals surface area contributed by atoms with Crippen molar-refractivity contribution in [2.75, 3.05) is 6.61 Å². The van der Waals surface area contributed by atoms with Crippen molar-refractivity contribution >= 4 is 6.09 Å². The lowest BCUT2D eigenvalue weighted by Gasteiger charge is -2.38. The highest BCUT2D eigenvalue weighted by Crippen LogP contribution is 2.52. The number of nitrogens with one attached hydrogen (secondary N) is 1. The van der Waals surface area contributed by atoms with Gasteiger partial charge in [0.1, 0.15) is 0 Å². The van der Waals surface area contributed by atoms with Crippen LogP contribution in [0.15, 0.2) is 0 Å². The van der Waals surface area contributed by atoms with Gasteiger partial charge in [-0.05, 0) is 0 Å². The van der Waals surface area contributed by atoms with Crippen molar-refractivity contribution in [1.82, 2.24) is 5.32 Å². The Balaban J connectivity index is 5.68. The summed E-state index contributed by atoms with van der Waals surface area (Å²) in [6.45, 7) is -2.69. The van der Waals surface area contributed by atoms with Gasteiger partial charge in [0.05, 0.1) is 0 Å². The van der Waals surface area contributed by atoms with E-state index in [9.17, 15) is 57.5 Å². The van der Waals surface area contributed by atoms with Gasteiger partial charge in [-0.15, -0.1) is 0 Å². The second-order valence-electron chi connectivity index (χ2n) is 3.56. The van der Waals surface area contributed by atoms with Crippen LogP contribution in [0.2, 0.25) is 0 Å². The normalized spacial score (nSPS) is 14.7. The molecule has 0 aromatic heterocycles. The maximum atomic E-state index is 12.3. The summed E-state index contributed by atoms with van der Waals surface area (Å²) >= 11 is 0. The van der Waals surface area contributed by atoms with Gasteiger partial charge in [0.2, 0.25) is 0 Å². The number of rotatable bonds is 2. The zero-order chi connectivity index (χ0) is 18.2. The van der Waals surface area contributed by atoms with E-state index >= 15 is 0 Å². The van der Waals surface area contributed by atoms with E-state index in [0.717, 1.165) is 0 Å². The lowest BCUT2D eigenvalue weighted by Crippen LogP contribution is -2.75. The molecule has 0 fully saturated rings. The molecule has 0 rings (SSSR count). The number of ether oxygens (including phenoxy) is 1. The Morgan fingerprint density at radius 2 is 1.05 bits per heavy atom. The fourth-order valence-electron chi connectivity index (χ4n) is 1.03. The molecule has 0 aliphatic carbocycles. The summed E-state index contributed by atoms with van der Waals surface area (Å²) in [6.07, 6.45) is -30.0. The van der Waals surface area contributed by atoms with Gasteiger partial charge in [-0.1, -0.05) is 0 Å². The summed E-state index contributed by atoms with van der Waals surface area (Å²) in [5.41, 5.74) is -6.78. The van der Waals surface area contributed by atoms with Gasteiger partial charge in [0, 0.05) is 0 Å². The third-order valence-electron chi connectivity index (χ3n) is 1.93. The van der Waals surface area contributed by atoms with Crippen molar-refractivity contribution in [2.24, 2.45) is 0 Å². The summed E-state index contributed by atoms with van der Waals surface area (Å²) in [5, 5.41) is -0.613. The summed E-state index contributed by atoms with van der Waals surface area (Å²) in [5.74, 6) is 0. The second kappa shape index (κ2) is 5.57. The Hall–Kier alpha value is -1.57. The van der Waals surface area contributed by atoms with Gasteiger partial charge < -0.3 is 4.74 Å². The largest absolute Gasteiger partial charge is 0.440 e. The number of hydrogen-bond donors (Lipinski definition) is 1. The van der Waals surface area contributed by atoms with Crippen LogP contribution >= 0.6 is 0 Å². The zero-order valence-corrected chi connectivity index (χ0v) is 9.56. The first kappa shape index (κ1) is 20.4. The van der Waals surface area contributed by atoms with Crippen LogP contribution < -0.4 is 5.32 Å². The van der Waals surface area contributed by atoms with Crippen LogP contribution in [-0.4, -0.2) is 42.9 Å². The average molecular weight is 361 g/mol. The quantitative estimate of drug-likeness (QED) is 0.762. The number of carbonyl (C=O) groups excluding carboxylic acids is 1. The van der Waals surface area contributed by atoms with E-state index in [0.29, 0.717) is 0 Å². The van der Waals surface area contributed by atoms with Crippen LogP contribution in [0.25, 0.3) is 0 Å². The Labute approximate surface area is 112 Å². The topological polar surface area (TPSA) is 38.3 Å². The maximum Gasteiger partial charge on any atom is 0.429 e. The van der Waals surface area contributed by atoms with Crippen molar-refractivity contribution < 1.29 is 62.2 Å². The number of amides is 1. The molecule has 0 spiro atoms. The molecule has 22 heavy (non-hydrogen) atoms. The van der Waals surface area contributed by atoms with Crippen molar-refractivity contribution in [2.45, 2.75) is 30.2 Å². The summed E-state index contributed by atoms with van der Waals surface area (Å²) in [4.78, 5) is 10.5. The molecular weight excluding hydrogens is 358 g/mol. The van der Waals surface area contributed by atoms with E-state index in [-0.39, 0.29) is 0 Å². The highest BCUT2D eigenvalue weighted by Gasteiger charge is 2.85. The third-order valence-corrected chi connectivity index (χ3v) is 1.93. The van der Waals surface area contributed by atoms with Gasteiger partial charge in [-0.3, -0.25) is 5.32 Å². The zero-order valence-electron chi connectivity index (χ0n) is 9.56. The van der Waals surface area contributed by atoms with Gasteiger partial charge in [0.15, 0.2) is 6.61 Å². The summed E-state index contributed by atoms with van der Waals surface area (Å²) < 4.78 is 148. The number of halogens is 12. The van der Waals surface area contributed by atoms with Crippen molar-refractivity contribution in [1.29, 1.82) is 0 Å². The van der Waals surface area contributed by atoms with E-state index in [1.54, 1.807) is 0 Å². The van der Waals surface area contributed by atoms with Crippen LogP contribution in [0, 0.1) is 0 Å². The second-order valence-corrected chi connectivity index (χ2v) is 3.56. The van der Waals surface area contributed by atoms with Crippen LogP contribution in [0.5, 0.6) is 0 Å². The lowest BCUT2D eigenvalue weighted by molar-refractivity contribution is -0.387. The molecule has 0 saturated heterocycles. The minimum absolute atomic E-state index is 0.613. The number of alkyl halides is 12. The SMILES string of the molecule is O=C(NC(C(F)(F)F)(C(F)(F)F)C(F)(F)F)OCC(F)(F)F. The molecule has 1 amide bonds. The molecule has 0 saturated carbocycles. The van der Waals surface area contributed by atoms with Crippen LogP contribution in [0.1, 0.15) is 0 Å². The van der Waals surface area contributed by atoms with Gasteiger partial charge >= 0.3 is 36.3 Å². The minimum Gasteiger partial charge on any atom is -0.440 e. The molecule has 0 atom stereocenters. The molecule has 0 aliphatic rings. The Morgan fingerprint density at radius 3 is 1.27 bits per heavy atom. The van der Waals surface area contributed by atoms with Crippen molar-refractivity contribution in [3.05, 3.63) is 0 Å². The molecule has 0 radical (unpaired) electrons. The smallest absolute Gasteiger partial charge is 0.429 e. The van der Waals surface area contributed by atoms with Crippen molar-refractivity contribution in [3.8, 4) is 0 Å². The number of carbonyl (C=O) groups is 1. The minimum atomic E-state index is -7.15.